The van der Waals surface area contributed by atoms with Crippen molar-refractivity contribution in [2.45, 2.75) is 11.1 Å². The summed E-state index contributed by atoms with van der Waals surface area (Å²) in [7, 11) is 0. The van der Waals surface area contributed by atoms with Gasteiger partial charge in [0.1, 0.15) is 11.2 Å². The molecule has 1 aliphatic heterocycles. The van der Waals surface area contributed by atoms with Gasteiger partial charge in [-0.05, 0) is 29.8 Å². The molecule has 0 radical (unpaired) electrons. The number of imidazole rings is 1. The number of hydrogen-bond acceptors (Lipinski definition) is 2. The van der Waals surface area contributed by atoms with Crippen molar-refractivity contribution in [3.05, 3.63) is 64.4 Å². The fourth-order valence-corrected chi connectivity index (χ4v) is 4.07. The van der Waals surface area contributed by atoms with Gasteiger partial charge in [0.2, 0.25) is 0 Å². The second-order valence-corrected chi connectivity index (χ2v) is 6.59. The highest BCUT2D eigenvalue weighted by Gasteiger charge is 2.27. The Kier molecular flexibility index (Phi) is 2.67. The monoisotopic (exact) mass is 330 g/mol. The van der Waals surface area contributed by atoms with Crippen molar-refractivity contribution in [2.24, 2.45) is 0 Å². The lowest BCUT2D eigenvalue weighted by Crippen LogP contribution is -2.02. The Morgan fingerprint density at radius 3 is 2.74 bits per heavy atom. The van der Waals surface area contributed by atoms with Crippen molar-refractivity contribution in [3.63, 3.8) is 0 Å². The maximum Gasteiger partial charge on any atom is 0.121 e. The number of para-hydroxylation sites is 2. The molecule has 4 heteroatoms. The Hall–Kier alpha value is -1.26. The number of halogens is 1. The molecule has 94 valence electrons. The summed E-state index contributed by atoms with van der Waals surface area (Å²) in [6.07, 6.45) is 0. The van der Waals surface area contributed by atoms with E-state index in [9.17, 15) is 0 Å². The fourth-order valence-electron chi connectivity index (χ4n) is 2.56. The van der Waals surface area contributed by atoms with Gasteiger partial charge in [-0.2, -0.15) is 0 Å². The molecule has 0 aliphatic carbocycles. The smallest absolute Gasteiger partial charge is 0.121 e. The van der Waals surface area contributed by atoms with Gasteiger partial charge in [-0.25, -0.2) is 4.98 Å². The van der Waals surface area contributed by atoms with Crippen LogP contribution in [0.15, 0.2) is 53.0 Å². The van der Waals surface area contributed by atoms with Crippen LogP contribution in [0.5, 0.6) is 0 Å². The molecule has 4 rings (SSSR count). The molecule has 0 amide bonds. The third-order valence-electron chi connectivity index (χ3n) is 3.43. The van der Waals surface area contributed by atoms with Crippen molar-refractivity contribution in [2.75, 3.05) is 0 Å². The van der Waals surface area contributed by atoms with Crippen LogP contribution in [-0.2, 0) is 5.75 Å². The molecule has 0 N–H and O–H groups in total. The Morgan fingerprint density at radius 1 is 1.11 bits per heavy atom. The Labute approximate surface area is 124 Å². The molecule has 19 heavy (non-hydrogen) atoms. The van der Waals surface area contributed by atoms with Crippen LogP contribution >= 0.6 is 27.7 Å². The van der Waals surface area contributed by atoms with Crippen LogP contribution in [0.3, 0.4) is 0 Å². The first kappa shape index (κ1) is 11.6. The van der Waals surface area contributed by atoms with E-state index in [0.29, 0.717) is 5.37 Å². The number of nitrogens with zero attached hydrogens (tertiary/aromatic N) is 2. The largest absolute Gasteiger partial charge is 0.310 e. The summed E-state index contributed by atoms with van der Waals surface area (Å²) in [6.45, 7) is 0. The molecule has 3 aromatic rings. The molecular weight excluding hydrogens is 320 g/mol. The Morgan fingerprint density at radius 2 is 1.89 bits per heavy atom. The van der Waals surface area contributed by atoms with Crippen molar-refractivity contribution >= 4 is 38.7 Å². The summed E-state index contributed by atoms with van der Waals surface area (Å²) in [5.74, 6) is 2.16. The lowest BCUT2D eigenvalue weighted by molar-refractivity contribution is 0.794. The minimum Gasteiger partial charge on any atom is -0.310 e. The Bertz CT molecular complexity index is 748. The molecule has 1 aromatic heterocycles. The summed E-state index contributed by atoms with van der Waals surface area (Å²) in [5, 5.41) is 0.343. The SMILES string of the molecule is Brc1ccc([C@H]2SCc3nc4ccccc4n32)cc1. The van der Waals surface area contributed by atoms with Crippen LogP contribution in [0.1, 0.15) is 16.8 Å². The lowest BCUT2D eigenvalue weighted by Gasteiger charge is -2.14. The van der Waals surface area contributed by atoms with Gasteiger partial charge in [-0.15, -0.1) is 11.8 Å². The standard InChI is InChI=1S/C15H11BrN2S/c16-11-7-5-10(6-8-11)15-18-13-4-2-1-3-12(13)17-14(18)9-19-15/h1-8,15H,9H2/t15-/m1/s1. The molecule has 2 aromatic carbocycles. The van der Waals surface area contributed by atoms with Gasteiger partial charge < -0.3 is 4.57 Å². The van der Waals surface area contributed by atoms with Gasteiger partial charge in [-0.3, -0.25) is 0 Å². The maximum atomic E-state index is 4.72. The van der Waals surface area contributed by atoms with Gasteiger partial charge in [0.25, 0.3) is 0 Å². The number of rotatable bonds is 1. The second-order valence-electron chi connectivity index (χ2n) is 4.60. The van der Waals surface area contributed by atoms with Crippen molar-refractivity contribution in [1.82, 2.24) is 9.55 Å². The predicted molar refractivity (Wildman–Crippen MR) is 83.3 cm³/mol. The van der Waals surface area contributed by atoms with Crippen LogP contribution in [0.25, 0.3) is 11.0 Å². The maximum absolute atomic E-state index is 4.72. The van der Waals surface area contributed by atoms with E-state index in [-0.39, 0.29) is 0 Å². The van der Waals surface area contributed by atoms with E-state index in [1.54, 1.807) is 0 Å². The molecule has 1 aliphatic rings. The van der Waals surface area contributed by atoms with E-state index in [1.165, 1.54) is 16.9 Å². The highest BCUT2D eigenvalue weighted by Crippen LogP contribution is 2.42. The summed E-state index contributed by atoms with van der Waals surface area (Å²) in [6, 6.07) is 17.0. The van der Waals surface area contributed by atoms with Crippen molar-refractivity contribution < 1.29 is 0 Å². The zero-order valence-corrected chi connectivity index (χ0v) is 12.5. The predicted octanol–water partition coefficient (Wildman–Crippen LogP) is 4.59. The highest BCUT2D eigenvalue weighted by molar-refractivity contribution is 9.10. The summed E-state index contributed by atoms with van der Waals surface area (Å²) >= 11 is 5.43. The van der Waals surface area contributed by atoms with Gasteiger partial charge >= 0.3 is 0 Å². The van der Waals surface area contributed by atoms with E-state index in [4.69, 9.17) is 4.98 Å². The number of fused-ring (bicyclic) bond motifs is 3. The van der Waals surface area contributed by atoms with Crippen LogP contribution in [0, 0.1) is 0 Å². The van der Waals surface area contributed by atoms with Crippen molar-refractivity contribution in [1.29, 1.82) is 0 Å². The van der Waals surface area contributed by atoms with E-state index < -0.39 is 0 Å². The first-order valence-electron chi connectivity index (χ1n) is 6.16. The molecule has 1 atom stereocenters. The minimum absolute atomic E-state index is 0.343. The topological polar surface area (TPSA) is 17.8 Å². The third-order valence-corrected chi connectivity index (χ3v) is 5.18. The zero-order valence-electron chi connectivity index (χ0n) is 10.1. The van der Waals surface area contributed by atoms with E-state index >= 15 is 0 Å². The van der Waals surface area contributed by atoms with Crippen molar-refractivity contribution in [3.8, 4) is 0 Å². The quantitative estimate of drug-likeness (QED) is 0.649. The average Bonchev–Trinajstić information content (AvgIpc) is 2.98. The fraction of sp³-hybridized carbons (Fsp3) is 0.133. The summed E-state index contributed by atoms with van der Waals surface area (Å²) in [5.41, 5.74) is 3.66. The molecule has 0 saturated carbocycles. The van der Waals surface area contributed by atoms with Crippen LogP contribution in [0.2, 0.25) is 0 Å². The number of thioether (sulfide) groups is 1. The first-order chi connectivity index (χ1) is 9.33. The Balaban J connectivity index is 1.89. The van der Waals surface area contributed by atoms with Gasteiger partial charge in [0.15, 0.2) is 0 Å². The molecule has 0 saturated heterocycles. The third kappa shape index (κ3) is 1.82. The van der Waals surface area contributed by atoms with Gasteiger partial charge in [0.05, 0.1) is 16.8 Å². The first-order valence-corrected chi connectivity index (χ1v) is 8.00. The molecule has 2 heterocycles. The van der Waals surface area contributed by atoms with Crippen LogP contribution < -0.4 is 0 Å². The molecule has 0 fully saturated rings. The van der Waals surface area contributed by atoms with Gasteiger partial charge in [0, 0.05) is 4.47 Å². The highest BCUT2D eigenvalue weighted by atomic mass is 79.9. The molecular formula is C15H11BrN2S. The van der Waals surface area contributed by atoms with E-state index in [1.807, 2.05) is 17.8 Å². The normalized spacial score (nSPS) is 17.8. The average molecular weight is 331 g/mol. The summed E-state index contributed by atoms with van der Waals surface area (Å²) < 4.78 is 3.48. The number of aromatic nitrogens is 2. The lowest BCUT2D eigenvalue weighted by atomic mass is 10.2. The molecule has 0 unspecified atom stereocenters. The zero-order chi connectivity index (χ0) is 12.8. The number of hydrogen-bond donors (Lipinski definition) is 0. The van der Waals surface area contributed by atoms with E-state index in [0.717, 1.165) is 15.7 Å². The van der Waals surface area contributed by atoms with Gasteiger partial charge in [-0.1, -0.05) is 40.2 Å². The van der Waals surface area contributed by atoms with E-state index in [2.05, 4.69) is 63.0 Å². The molecule has 0 spiro atoms. The molecule has 2 nitrogen and oxygen atoms in total. The van der Waals surface area contributed by atoms with Crippen LogP contribution in [0.4, 0.5) is 0 Å². The second kappa shape index (κ2) is 4.39. The summed E-state index contributed by atoms with van der Waals surface area (Å²) in [4.78, 5) is 4.72. The minimum atomic E-state index is 0.343. The molecule has 0 bridgehead atoms. The number of benzene rings is 2. The van der Waals surface area contributed by atoms with Crippen LogP contribution in [-0.4, -0.2) is 9.55 Å².